The Morgan fingerprint density at radius 3 is 2.04 bits per heavy atom. The number of rotatable bonds is 3. The minimum atomic E-state index is -5.08. The molecule has 4 nitrogen and oxygen atoms in total. The third-order valence-electron chi connectivity index (χ3n) is 4.97. The monoisotopic (exact) mass is 377 g/mol. The molecule has 1 aromatic rings. The molecule has 146 valence electrons. The van der Waals surface area contributed by atoms with E-state index in [1.807, 2.05) is 12.1 Å². The third kappa shape index (κ3) is 5.95. The normalized spacial score (nSPS) is 20.7. The smallest absolute Gasteiger partial charge is 0.475 e. The molecule has 26 heavy (non-hydrogen) atoms. The Balaban J connectivity index is 0.000000298. The molecule has 0 aromatic heterocycles. The van der Waals surface area contributed by atoms with E-state index in [4.69, 9.17) is 9.90 Å². The molecule has 0 amide bonds. The largest absolute Gasteiger partial charge is 0.490 e. The zero-order valence-electron chi connectivity index (χ0n) is 14.3. The van der Waals surface area contributed by atoms with Gasteiger partial charge in [0.25, 0.3) is 0 Å². The number of halogens is 4. The molecule has 0 radical (unpaired) electrons. The van der Waals surface area contributed by atoms with Crippen molar-refractivity contribution >= 4 is 5.97 Å². The van der Waals surface area contributed by atoms with Gasteiger partial charge in [0.1, 0.15) is 5.82 Å². The fraction of sp³-hybridized carbons (Fsp3) is 0.611. The maximum atomic E-state index is 12.9. The van der Waals surface area contributed by atoms with Crippen LogP contribution in [0.4, 0.5) is 17.6 Å². The number of nitrogens with zero attached hydrogens (tertiary/aromatic N) is 1. The van der Waals surface area contributed by atoms with E-state index in [9.17, 15) is 22.7 Å². The fourth-order valence-corrected chi connectivity index (χ4v) is 3.32. The lowest BCUT2D eigenvalue weighted by atomic mass is 9.79. The third-order valence-corrected chi connectivity index (χ3v) is 4.97. The van der Waals surface area contributed by atoms with Crippen molar-refractivity contribution in [2.75, 3.05) is 19.6 Å². The van der Waals surface area contributed by atoms with E-state index in [-0.39, 0.29) is 5.82 Å². The van der Waals surface area contributed by atoms with Gasteiger partial charge in [0, 0.05) is 6.54 Å². The van der Waals surface area contributed by atoms with Gasteiger partial charge in [0.15, 0.2) is 0 Å². The van der Waals surface area contributed by atoms with Crippen LogP contribution in [0.1, 0.15) is 43.6 Å². The molecular formula is C18H23F4NO3. The highest BCUT2D eigenvalue weighted by molar-refractivity contribution is 5.73. The van der Waals surface area contributed by atoms with Gasteiger partial charge in [-0.25, -0.2) is 9.18 Å². The van der Waals surface area contributed by atoms with Gasteiger partial charge in [-0.05, 0) is 68.8 Å². The lowest BCUT2D eigenvalue weighted by molar-refractivity contribution is -0.192. The van der Waals surface area contributed by atoms with Gasteiger partial charge < -0.3 is 15.1 Å². The van der Waals surface area contributed by atoms with Crippen LogP contribution in [0.25, 0.3) is 0 Å². The Morgan fingerprint density at radius 2 is 1.65 bits per heavy atom. The Labute approximate surface area is 149 Å². The number of likely N-dealkylation sites (tertiary alicyclic amines) is 1. The maximum absolute atomic E-state index is 12.9. The molecule has 0 atom stereocenters. The fourth-order valence-electron chi connectivity index (χ4n) is 3.32. The second kappa shape index (κ2) is 8.35. The number of hydrogen-bond acceptors (Lipinski definition) is 3. The van der Waals surface area contributed by atoms with Crippen molar-refractivity contribution in [3.63, 3.8) is 0 Å². The summed E-state index contributed by atoms with van der Waals surface area (Å²) in [4.78, 5) is 11.3. The van der Waals surface area contributed by atoms with Gasteiger partial charge >= 0.3 is 12.1 Å². The summed E-state index contributed by atoms with van der Waals surface area (Å²) in [5.74, 6) is -2.37. The summed E-state index contributed by atoms with van der Waals surface area (Å²) in [5.41, 5.74) is 0.853. The molecule has 1 heterocycles. The van der Waals surface area contributed by atoms with E-state index in [1.165, 1.54) is 12.0 Å². The van der Waals surface area contributed by atoms with Crippen LogP contribution >= 0.6 is 0 Å². The summed E-state index contributed by atoms with van der Waals surface area (Å²) in [6, 6.07) is 6.93. The number of carboxylic acids is 1. The standard InChI is InChI=1S/C16H22FNO.C2HF3O2/c17-15-4-2-13(3-5-15)14-6-10-18(11-7-14)12-16(19)8-1-9-16;3-2(4,5)1(6)7/h2-5,14,19H,1,6-12H2;(H,6,7). The summed E-state index contributed by atoms with van der Waals surface area (Å²) < 4.78 is 44.6. The van der Waals surface area contributed by atoms with Gasteiger partial charge in [-0.2, -0.15) is 13.2 Å². The molecule has 0 spiro atoms. The molecule has 0 bridgehead atoms. The van der Waals surface area contributed by atoms with E-state index in [1.54, 1.807) is 12.1 Å². The first-order valence-electron chi connectivity index (χ1n) is 8.59. The molecule has 2 aliphatic rings. The molecule has 1 saturated heterocycles. The van der Waals surface area contributed by atoms with Gasteiger partial charge in [0.05, 0.1) is 5.60 Å². The van der Waals surface area contributed by atoms with E-state index >= 15 is 0 Å². The zero-order valence-corrected chi connectivity index (χ0v) is 14.3. The summed E-state index contributed by atoms with van der Waals surface area (Å²) >= 11 is 0. The lowest BCUT2D eigenvalue weighted by Gasteiger charge is -2.42. The lowest BCUT2D eigenvalue weighted by Crippen LogP contribution is -2.49. The summed E-state index contributed by atoms with van der Waals surface area (Å²) in [6.45, 7) is 2.93. The molecule has 1 aliphatic carbocycles. The second-order valence-corrected chi connectivity index (χ2v) is 6.98. The van der Waals surface area contributed by atoms with Gasteiger partial charge in [0.2, 0.25) is 0 Å². The van der Waals surface area contributed by atoms with Crippen LogP contribution in [-0.4, -0.2) is 52.5 Å². The van der Waals surface area contributed by atoms with E-state index in [0.717, 1.165) is 45.3 Å². The van der Waals surface area contributed by atoms with Crippen LogP contribution < -0.4 is 0 Å². The van der Waals surface area contributed by atoms with Crippen molar-refractivity contribution < 1.29 is 32.6 Å². The van der Waals surface area contributed by atoms with Crippen molar-refractivity contribution in [2.45, 2.75) is 49.8 Å². The van der Waals surface area contributed by atoms with E-state index in [2.05, 4.69) is 4.90 Å². The van der Waals surface area contributed by atoms with Gasteiger partial charge in [-0.15, -0.1) is 0 Å². The Bertz CT molecular complexity index is 591. The molecule has 1 aromatic carbocycles. The molecule has 1 aliphatic heterocycles. The number of aliphatic carboxylic acids is 1. The average Bonchev–Trinajstić information content (AvgIpc) is 2.55. The quantitative estimate of drug-likeness (QED) is 0.791. The van der Waals surface area contributed by atoms with Crippen LogP contribution in [0.15, 0.2) is 24.3 Å². The summed E-state index contributed by atoms with van der Waals surface area (Å²) in [5, 5.41) is 17.3. The Kier molecular flexibility index (Phi) is 6.63. The van der Waals surface area contributed by atoms with Crippen molar-refractivity contribution in [1.82, 2.24) is 4.90 Å². The number of hydrogen-bond donors (Lipinski definition) is 2. The first-order chi connectivity index (χ1) is 12.1. The topological polar surface area (TPSA) is 60.8 Å². The molecule has 2 fully saturated rings. The average molecular weight is 377 g/mol. The number of aliphatic hydroxyl groups is 1. The summed E-state index contributed by atoms with van der Waals surface area (Å²) in [7, 11) is 0. The van der Waals surface area contributed by atoms with Crippen molar-refractivity contribution in [2.24, 2.45) is 0 Å². The number of β-amino-alcohol motifs (C(OH)–C–C–N with tert-alkyl or cyclic N) is 1. The molecule has 1 saturated carbocycles. The van der Waals surface area contributed by atoms with Gasteiger partial charge in [-0.1, -0.05) is 12.1 Å². The molecule has 3 rings (SSSR count). The minimum Gasteiger partial charge on any atom is -0.475 e. The number of piperidine rings is 1. The highest BCUT2D eigenvalue weighted by Crippen LogP contribution is 2.34. The number of carboxylic acid groups (broad SMARTS) is 1. The minimum absolute atomic E-state index is 0.159. The molecule has 8 heteroatoms. The van der Waals surface area contributed by atoms with Crippen LogP contribution in [0, 0.1) is 5.82 Å². The highest BCUT2D eigenvalue weighted by Gasteiger charge is 2.38. The predicted molar refractivity (Wildman–Crippen MR) is 87.3 cm³/mol. The van der Waals surface area contributed by atoms with Crippen molar-refractivity contribution in [3.8, 4) is 0 Å². The van der Waals surface area contributed by atoms with Crippen LogP contribution in [0.2, 0.25) is 0 Å². The second-order valence-electron chi connectivity index (χ2n) is 6.98. The zero-order chi connectivity index (χ0) is 19.4. The molecular weight excluding hydrogens is 354 g/mol. The number of carbonyl (C=O) groups is 1. The Hall–Kier alpha value is -1.67. The van der Waals surface area contributed by atoms with Crippen LogP contribution in [0.3, 0.4) is 0 Å². The first-order valence-corrected chi connectivity index (χ1v) is 8.59. The van der Waals surface area contributed by atoms with Crippen LogP contribution in [-0.2, 0) is 4.79 Å². The first kappa shape index (κ1) is 20.6. The number of alkyl halides is 3. The SMILES string of the molecule is O=C(O)C(F)(F)F.OC1(CN2CCC(c3ccc(F)cc3)CC2)CCC1. The Morgan fingerprint density at radius 1 is 1.15 bits per heavy atom. The van der Waals surface area contributed by atoms with Gasteiger partial charge in [-0.3, -0.25) is 0 Å². The highest BCUT2D eigenvalue weighted by atomic mass is 19.4. The molecule has 0 unspecified atom stereocenters. The van der Waals surface area contributed by atoms with E-state index < -0.39 is 17.7 Å². The maximum Gasteiger partial charge on any atom is 0.490 e. The molecule has 2 N–H and O–H groups in total. The summed E-state index contributed by atoms with van der Waals surface area (Å²) in [6.07, 6.45) is 0.238. The van der Waals surface area contributed by atoms with Crippen LogP contribution in [0.5, 0.6) is 0 Å². The van der Waals surface area contributed by atoms with Crippen molar-refractivity contribution in [1.29, 1.82) is 0 Å². The van der Waals surface area contributed by atoms with Crippen molar-refractivity contribution in [3.05, 3.63) is 35.6 Å². The van der Waals surface area contributed by atoms with E-state index in [0.29, 0.717) is 5.92 Å². The number of benzene rings is 1. The predicted octanol–water partition coefficient (Wildman–Crippen LogP) is 3.55.